The van der Waals surface area contributed by atoms with E-state index in [2.05, 4.69) is 5.32 Å². The number of hydrogen-bond donors (Lipinski definition) is 1. The van der Waals surface area contributed by atoms with Crippen LogP contribution in [0.3, 0.4) is 0 Å². The highest BCUT2D eigenvalue weighted by molar-refractivity contribution is 7.92. The SMILES string of the molecule is COc1ccc(N(CC(=O)Nc2cc(Cl)cc(Cl)c2)S(=O)(=O)c2ccc(OC)c(OC)c2)cc1. The molecule has 0 aromatic heterocycles. The van der Waals surface area contributed by atoms with Crippen molar-refractivity contribution in [3.63, 3.8) is 0 Å². The van der Waals surface area contributed by atoms with Crippen molar-refractivity contribution in [3.8, 4) is 17.2 Å². The molecular formula is C23H22Cl2N2O6S. The normalized spacial score (nSPS) is 11.0. The Morgan fingerprint density at radius 1 is 0.853 bits per heavy atom. The van der Waals surface area contributed by atoms with Gasteiger partial charge in [0.15, 0.2) is 11.5 Å². The molecule has 0 aliphatic heterocycles. The van der Waals surface area contributed by atoms with E-state index in [1.807, 2.05) is 0 Å². The van der Waals surface area contributed by atoms with Gasteiger partial charge in [0.25, 0.3) is 10.0 Å². The first-order valence-corrected chi connectivity index (χ1v) is 12.0. The number of nitrogens with zero attached hydrogens (tertiary/aromatic N) is 1. The van der Waals surface area contributed by atoms with Crippen LogP contribution in [-0.4, -0.2) is 42.2 Å². The quantitative estimate of drug-likeness (QED) is 0.429. The first-order valence-electron chi connectivity index (χ1n) is 9.82. The van der Waals surface area contributed by atoms with Crippen molar-refractivity contribution in [3.05, 3.63) is 70.7 Å². The monoisotopic (exact) mass is 524 g/mol. The zero-order valence-electron chi connectivity index (χ0n) is 18.5. The lowest BCUT2D eigenvalue weighted by Crippen LogP contribution is -2.38. The Morgan fingerprint density at radius 2 is 1.47 bits per heavy atom. The maximum Gasteiger partial charge on any atom is 0.264 e. The van der Waals surface area contributed by atoms with Crippen LogP contribution in [0.4, 0.5) is 11.4 Å². The molecule has 0 radical (unpaired) electrons. The summed E-state index contributed by atoms with van der Waals surface area (Å²) in [6, 6.07) is 15.0. The van der Waals surface area contributed by atoms with Gasteiger partial charge in [0, 0.05) is 21.8 Å². The van der Waals surface area contributed by atoms with Crippen LogP contribution in [0, 0.1) is 0 Å². The van der Waals surface area contributed by atoms with Crippen LogP contribution in [-0.2, 0) is 14.8 Å². The molecule has 0 fully saturated rings. The molecule has 0 bridgehead atoms. The van der Waals surface area contributed by atoms with Crippen LogP contribution in [0.25, 0.3) is 0 Å². The molecule has 34 heavy (non-hydrogen) atoms. The largest absolute Gasteiger partial charge is 0.497 e. The van der Waals surface area contributed by atoms with E-state index < -0.39 is 22.5 Å². The molecule has 0 saturated carbocycles. The first-order chi connectivity index (χ1) is 16.2. The second kappa shape index (κ2) is 10.9. The lowest BCUT2D eigenvalue weighted by Gasteiger charge is -2.24. The van der Waals surface area contributed by atoms with Crippen molar-refractivity contribution in [2.75, 3.05) is 37.5 Å². The molecule has 1 amide bonds. The van der Waals surface area contributed by atoms with Gasteiger partial charge >= 0.3 is 0 Å². The molecule has 3 rings (SSSR count). The Hall–Kier alpha value is -3.14. The Morgan fingerprint density at radius 3 is 2.03 bits per heavy atom. The number of rotatable bonds is 9. The van der Waals surface area contributed by atoms with Crippen molar-refractivity contribution >= 4 is 50.5 Å². The number of amides is 1. The van der Waals surface area contributed by atoms with Gasteiger partial charge in [0.1, 0.15) is 12.3 Å². The third kappa shape index (κ3) is 5.85. The summed E-state index contributed by atoms with van der Waals surface area (Å²) in [6.07, 6.45) is 0. The molecule has 0 saturated heterocycles. The summed E-state index contributed by atoms with van der Waals surface area (Å²) in [5.74, 6) is 0.535. The van der Waals surface area contributed by atoms with Gasteiger partial charge in [-0.2, -0.15) is 0 Å². The van der Waals surface area contributed by atoms with E-state index in [1.54, 1.807) is 24.3 Å². The topological polar surface area (TPSA) is 94.2 Å². The second-order valence-electron chi connectivity index (χ2n) is 6.93. The molecule has 180 valence electrons. The van der Waals surface area contributed by atoms with Crippen LogP contribution in [0.5, 0.6) is 17.2 Å². The summed E-state index contributed by atoms with van der Waals surface area (Å²) in [7, 11) is 0.154. The molecule has 3 aromatic carbocycles. The molecule has 0 atom stereocenters. The van der Waals surface area contributed by atoms with E-state index in [0.29, 0.717) is 27.2 Å². The predicted octanol–water partition coefficient (Wildman–Crippen LogP) is 4.85. The number of nitrogens with one attached hydrogen (secondary N) is 1. The number of carbonyl (C=O) groups is 1. The predicted molar refractivity (Wildman–Crippen MR) is 132 cm³/mol. The molecular weight excluding hydrogens is 503 g/mol. The minimum absolute atomic E-state index is 0.0837. The van der Waals surface area contributed by atoms with Gasteiger partial charge in [-0.1, -0.05) is 23.2 Å². The van der Waals surface area contributed by atoms with Crippen molar-refractivity contribution in [1.29, 1.82) is 0 Å². The minimum atomic E-state index is -4.19. The van der Waals surface area contributed by atoms with Gasteiger partial charge in [-0.15, -0.1) is 0 Å². The van der Waals surface area contributed by atoms with Gasteiger partial charge in [-0.05, 0) is 54.6 Å². The summed E-state index contributed by atoms with van der Waals surface area (Å²) in [4.78, 5) is 12.8. The summed E-state index contributed by atoms with van der Waals surface area (Å²) < 4.78 is 43.8. The highest BCUT2D eigenvalue weighted by Crippen LogP contribution is 2.33. The third-order valence-corrected chi connectivity index (χ3v) is 6.94. The van der Waals surface area contributed by atoms with Gasteiger partial charge in [0.2, 0.25) is 5.91 Å². The summed E-state index contributed by atoms with van der Waals surface area (Å²) in [5, 5.41) is 3.28. The lowest BCUT2D eigenvalue weighted by atomic mass is 10.3. The fourth-order valence-electron chi connectivity index (χ4n) is 3.12. The molecule has 0 heterocycles. The molecule has 3 aromatic rings. The van der Waals surface area contributed by atoms with Crippen LogP contribution < -0.4 is 23.8 Å². The Balaban J connectivity index is 2.00. The third-order valence-electron chi connectivity index (χ3n) is 4.74. The first kappa shape index (κ1) is 25.5. The average molecular weight is 525 g/mol. The second-order valence-corrected chi connectivity index (χ2v) is 9.67. The molecule has 0 aliphatic carbocycles. The van der Waals surface area contributed by atoms with Crippen molar-refractivity contribution in [2.24, 2.45) is 0 Å². The van der Waals surface area contributed by atoms with Crippen LogP contribution in [0.2, 0.25) is 10.0 Å². The smallest absolute Gasteiger partial charge is 0.264 e. The number of hydrogen-bond acceptors (Lipinski definition) is 6. The molecule has 11 heteroatoms. The summed E-state index contributed by atoms with van der Waals surface area (Å²) >= 11 is 12.0. The zero-order chi connectivity index (χ0) is 24.9. The summed E-state index contributed by atoms with van der Waals surface area (Å²) in [5.41, 5.74) is 0.593. The lowest BCUT2D eigenvalue weighted by molar-refractivity contribution is -0.114. The molecule has 1 N–H and O–H groups in total. The minimum Gasteiger partial charge on any atom is -0.497 e. The Bertz CT molecular complexity index is 1260. The number of sulfonamides is 1. The standard InChI is InChI=1S/C23H22Cl2N2O6S/c1-31-19-6-4-18(5-7-19)27(14-23(28)26-17-11-15(24)10-16(25)12-17)34(29,30)20-8-9-21(32-2)22(13-20)33-3/h4-13H,14H2,1-3H3,(H,26,28). The van der Waals surface area contributed by atoms with Gasteiger partial charge in [-0.3, -0.25) is 9.10 Å². The van der Waals surface area contributed by atoms with E-state index in [9.17, 15) is 13.2 Å². The van der Waals surface area contributed by atoms with Crippen molar-refractivity contribution in [1.82, 2.24) is 0 Å². The highest BCUT2D eigenvalue weighted by Gasteiger charge is 2.28. The molecule has 0 unspecified atom stereocenters. The molecule has 0 aliphatic rings. The fourth-order valence-corrected chi connectivity index (χ4v) is 5.09. The highest BCUT2D eigenvalue weighted by atomic mass is 35.5. The number of anilines is 2. The number of halogens is 2. The van der Waals surface area contributed by atoms with E-state index in [-0.39, 0.29) is 16.3 Å². The van der Waals surface area contributed by atoms with E-state index in [1.165, 1.54) is 57.7 Å². The number of carbonyl (C=O) groups excluding carboxylic acids is 1. The van der Waals surface area contributed by atoms with Gasteiger partial charge < -0.3 is 19.5 Å². The maximum atomic E-state index is 13.6. The Kier molecular flexibility index (Phi) is 8.14. The average Bonchev–Trinajstić information content (AvgIpc) is 2.81. The van der Waals surface area contributed by atoms with Crippen LogP contribution in [0.1, 0.15) is 0 Å². The molecule has 8 nitrogen and oxygen atoms in total. The number of ether oxygens (including phenoxy) is 3. The van der Waals surface area contributed by atoms with Crippen molar-refractivity contribution in [2.45, 2.75) is 4.90 Å². The van der Waals surface area contributed by atoms with E-state index >= 15 is 0 Å². The maximum absolute atomic E-state index is 13.6. The fraction of sp³-hybridized carbons (Fsp3) is 0.174. The Labute approximate surface area is 208 Å². The van der Waals surface area contributed by atoms with Crippen molar-refractivity contribution < 1.29 is 27.4 Å². The molecule has 0 spiro atoms. The van der Waals surface area contributed by atoms with E-state index in [0.717, 1.165) is 4.31 Å². The zero-order valence-corrected chi connectivity index (χ0v) is 20.9. The number of benzene rings is 3. The number of methoxy groups -OCH3 is 3. The van der Waals surface area contributed by atoms with Crippen LogP contribution in [0.15, 0.2) is 65.6 Å². The van der Waals surface area contributed by atoms with Crippen LogP contribution >= 0.6 is 23.2 Å². The summed E-state index contributed by atoms with van der Waals surface area (Å²) in [6.45, 7) is -0.521. The van der Waals surface area contributed by atoms with Gasteiger partial charge in [0.05, 0.1) is 31.9 Å². The van der Waals surface area contributed by atoms with E-state index in [4.69, 9.17) is 37.4 Å². The van der Waals surface area contributed by atoms with Gasteiger partial charge in [-0.25, -0.2) is 8.42 Å².